The van der Waals surface area contributed by atoms with Gasteiger partial charge in [-0.25, -0.2) is 0 Å². The van der Waals surface area contributed by atoms with Crippen molar-refractivity contribution in [3.8, 4) is 16.8 Å². The lowest BCUT2D eigenvalue weighted by molar-refractivity contribution is 0.659. The molecule has 0 fully saturated rings. The summed E-state index contributed by atoms with van der Waals surface area (Å²) >= 11 is 0. The molecule has 0 amide bonds. The third-order valence-corrected chi connectivity index (χ3v) is 6.88. The molecule has 2 aromatic carbocycles. The quantitative estimate of drug-likeness (QED) is 0.392. The maximum absolute atomic E-state index is 4.44. The molecule has 2 aliphatic rings. The van der Waals surface area contributed by atoms with Gasteiger partial charge >= 0.3 is 0 Å². The minimum absolute atomic E-state index is 0.00803. The highest BCUT2D eigenvalue weighted by Crippen LogP contribution is 2.50. The standard InChI is InChI=1S/C26H24N2/c1-26(2)22-12-13-27-16-21(22)19-14-20-18-10-6-7-11-24(18)28(25(20)15-23(19)26)17-8-4-3-5-9-17/h3-5,8-9,12-16H,6-7,10-11H2,1-2H3. The van der Waals surface area contributed by atoms with Crippen LogP contribution >= 0.6 is 0 Å². The molecule has 6 rings (SSSR count). The molecule has 0 N–H and O–H groups in total. The molecule has 0 saturated carbocycles. The van der Waals surface area contributed by atoms with Crippen LogP contribution in [0.1, 0.15) is 49.1 Å². The summed E-state index contributed by atoms with van der Waals surface area (Å²) in [6.45, 7) is 4.69. The number of benzene rings is 2. The Morgan fingerprint density at radius 3 is 2.57 bits per heavy atom. The average Bonchev–Trinajstić information content (AvgIpc) is 3.17. The predicted molar refractivity (Wildman–Crippen MR) is 115 cm³/mol. The van der Waals surface area contributed by atoms with Gasteiger partial charge in [-0.2, -0.15) is 0 Å². The predicted octanol–water partition coefficient (Wildman–Crippen LogP) is 6.21. The fourth-order valence-corrected chi connectivity index (χ4v) is 5.50. The zero-order valence-electron chi connectivity index (χ0n) is 16.5. The highest BCUT2D eigenvalue weighted by atomic mass is 15.0. The first-order chi connectivity index (χ1) is 13.7. The van der Waals surface area contributed by atoms with Gasteiger partial charge in [-0.05, 0) is 78.3 Å². The highest BCUT2D eigenvalue weighted by Gasteiger charge is 2.36. The van der Waals surface area contributed by atoms with Gasteiger partial charge in [-0.15, -0.1) is 0 Å². The van der Waals surface area contributed by atoms with E-state index in [1.54, 1.807) is 5.56 Å². The number of fused-ring (bicyclic) bond motifs is 6. The fourth-order valence-electron chi connectivity index (χ4n) is 5.50. The van der Waals surface area contributed by atoms with Crippen molar-refractivity contribution in [3.63, 3.8) is 0 Å². The summed E-state index contributed by atoms with van der Waals surface area (Å²) in [4.78, 5) is 4.44. The number of hydrogen-bond donors (Lipinski definition) is 0. The van der Waals surface area contributed by atoms with Crippen molar-refractivity contribution < 1.29 is 0 Å². The number of aryl methyl sites for hydroxylation is 1. The van der Waals surface area contributed by atoms with Crippen LogP contribution in [0.4, 0.5) is 0 Å². The number of nitrogens with zero attached hydrogens (tertiary/aromatic N) is 2. The van der Waals surface area contributed by atoms with Crippen LogP contribution < -0.4 is 0 Å². The van der Waals surface area contributed by atoms with Gasteiger partial charge < -0.3 is 4.57 Å². The second-order valence-corrected chi connectivity index (χ2v) is 8.76. The van der Waals surface area contributed by atoms with Crippen molar-refractivity contribution in [1.29, 1.82) is 0 Å². The molecule has 4 aromatic rings. The molecule has 0 unspecified atom stereocenters. The Hall–Kier alpha value is -2.87. The van der Waals surface area contributed by atoms with Crippen molar-refractivity contribution >= 4 is 10.9 Å². The number of pyridine rings is 1. The van der Waals surface area contributed by atoms with E-state index in [0.717, 1.165) is 0 Å². The first-order valence-corrected chi connectivity index (χ1v) is 10.4. The Morgan fingerprint density at radius 2 is 1.71 bits per heavy atom. The lowest BCUT2D eigenvalue weighted by atomic mass is 9.82. The zero-order chi connectivity index (χ0) is 18.9. The number of hydrogen-bond acceptors (Lipinski definition) is 1. The van der Waals surface area contributed by atoms with E-state index >= 15 is 0 Å². The average molecular weight is 364 g/mol. The topological polar surface area (TPSA) is 17.8 Å². The Balaban J connectivity index is 1.73. The second kappa shape index (κ2) is 5.57. The minimum atomic E-state index is 0.00803. The summed E-state index contributed by atoms with van der Waals surface area (Å²) < 4.78 is 2.53. The van der Waals surface area contributed by atoms with Crippen LogP contribution in [0, 0.1) is 0 Å². The molecule has 0 aliphatic heterocycles. The van der Waals surface area contributed by atoms with Crippen molar-refractivity contribution in [1.82, 2.24) is 9.55 Å². The van der Waals surface area contributed by atoms with Crippen LogP contribution in [-0.2, 0) is 18.3 Å². The molecule has 2 aliphatic carbocycles. The van der Waals surface area contributed by atoms with E-state index < -0.39 is 0 Å². The van der Waals surface area contributed by atoms with Crippen LogP contribution in [0.25, 0.3) is 27.7 Å². The molecule has 0 atom stereocenters. The summed E-state index contributed by atoms with van der Waals surface area (Å²) in [7, 11) is 0. The molecule has 2 heterocycles. The third-order valence-electron chi connectivity index (χ3n) is 6.88. The maximum atomic E-state index is 4.44. The van der Waals surface area contributed by atoms with Crippen LogP contribution in [-0.4, -0.2) is 9.55 Å². The van der Waals surface area contributed by atoms with Crippen molar-refractivity contribution in [3.05, 3.63) is 83.3 Å². The van der Waals surface area contributed by atoms with Crippen molar-refractivity contribution in [2.24, 2.45) is 0 Å². The third kappa shape index (κ3) is 2.01. The minimum Gasteiger partial charge on any atom is -0.313 e. The first-order valence-electron chi connectivity index (χ1n) is 10.4. The number of aromatic nitrogens is 2. The normalized spacial score (nSPS) is 16.6. The zero-order valence-corrected chi connectivity index (χ0v) is 16.5. The van der Waals surface area contributed by atoms with E-state index in [1.165, 1.54) is 70.2 Å². The number of rotatable bonds is 1. The van der Waals surface area contributed by atoms with E-state index in [9.17, 15) is 0 Å². The molecule has 138 valence electrons. The van der Waals surface area contributed by atoms with E-state index in [4.69, 9.17) is 0 Å². The monoisotopic (exact) mass is 364 g/mol. The maximum Gasteiger partial charge on any atom is 0.0537 e. The SMILES string of the molecule is CC1(C)c2ccncc2-c2cc3c4c(n(-c5ccccc5)c3cc21)CCCC4. The van der Waals surface area contributed by atoms with Gasteiger partial charge in [0.2, 0.25) is 0 Å². The summed E-state index contributed by atoms with van der Waals surface area (Å²) in [5.74, 6) is 0. The van der Waals surface area contributed by atoms with Gasteiger partial charge in [0, 0.05) is 40.1 Å². The summed E-state index contributed by atoms with van der Waals surface area (Å²) in [5, 5.41) is 1.44. The molecular weight excluding hydrogens is 340 g/mol. The summed E-state index contributed by atoms with van der Waals surface area (Å²) in [6.07, 6.45) is 8.92. The van der Waals surface area contributed by atoms with E-state index in [-0.39, 0.29) is 5.41 Å². The molecule has 2 aromatic heterocycles. The molecule has 28 heavy (non-hydrogen) atoms. The molecule has 0 saturated heterocycles. The van der Waals surface area contributed by atoms with Gasteiger partial charge in [0.05, 0.1) is 5.52 Å². The molecule has 0 radical (unpaired) electrons. The number of para-hydroxylation sites is 1. The smallest absolute Gasteiger partial charge is 0.0537 e. The van der Waals surface area contributed by atoms with E-state index in [0.29, 0.717) is 0 Å². The van der Waals surface area contributed by atoms with E-state index in [2.05, 4.69) is 78.1 Å². The van der Waals surface area contributed by atoms with Crippen LogP contribution in [0.2, 0.25) is 0 Å². The lowest BCUT2D eigenvalue weighted by Crippen LogP contribution is -2.15. The highest BCUT2D eigenvalue weighted by molar-refractivity contribution is 5.96. The first kappa shape index (κ1) is 16.1. The van der Waals surface area contributed by atoms with Crippen molar-refractivity contribution in [2.75, 3.05) is 0 Å². The van der Waals surface area contributed by atoms with E-state index in [1.807, 2.05) is 6.20 Å². The molecule has 0 spiro atoms. The fraction of sp³-hybridized carbons (Fsp3) is 0.269. The van der Waals surface area contributed by atoms with Gasteiger partial charge in [-0.3, -0.25) is 4.98 Å². The van der Waals surface area contributed by atoms with Crippen LogP contribution in [0.3, 0.4) is 0 Å². The second-order valence-electron chi connectivity index (χ2n) is 8.76. The molecule has 2 heteroatoms. The largest absolute Gasteiger partial charge is 0.313 e. The Morgan fingerprint density at radius 1 is 0.893 bits per heavy atom. The molecule has 2 nitrogen and oxygen atoms in total. The Kier molecular flexibility index (Phi) is 3.21. The lowest BCUT2D eigenvalue weighted by Gasteiger charge is -2.21. The van der Waals surface area contributed by atoms with Crippen LogP contribution in [0.15, 0.2) is 60.9 Å². The Bertz CT molecular complexity index is 1230. The van der Waals surface area contributed by atoms with Crippen LogP contribution in [0.5, 0.6) is 0 Å². The van der Waals surface area contributed by atoms with Gasteiger partial charge in [0.1, 0.15) is 0 Å². The van der Waals surface area contributed by atoms with Gasteiger partial charge in [0.25, 0.3) is 0 Å². The van der Waals surface area contributed by atoms with Gasteiger partial charge in [0.15, 0.2) is 0 Å². The Labute approximate surface area is 165 Å². The summed E-state index contributed by atoms with van der Waals surface area (Å²) in [5.41, 5.74) is 11.2. The molecule has 0 bridgehead atoms. The van der Waals surface area contributed by atoms with Crippen molar-refractivity contribution in [2.45, 2.75) is 44.9 Å². The summed E-state index contributed by atoms with van der Waals surface area (Å²) in [6, 6.07) is 18.0. The molecular formula is C26H24N2. The van der Waals surface area contributed by atoms with Gasteiger partial charge in [-0.1, -0.05) is 32.0 Å².